The van der Waals surface area contributed by atoms with Crippen LogP contribution < -0.4 is 5.43 Å². The normalized spacial score (nSPS) is 17.1. The minimum atomic E-state index is 0.0669. The molecule has 2 rings (SSSR count). The molecule has 0 bridgehead atoms. The summed E-state index contributed by atoms with van der Waals surface area (Å²) in [6.07, 6.45) is 7.30. The molecule has 0 radical (unpaired) electrons. The highest BCUT2D eigenvalue weighted by atomic mass is 16.2. The van der Waals surface area contributed by atoms with Crippen molar-refractivity contribution in [3.8, 4) is 0 Å². The zero-order valence-corrected chi connectivity index (χ0v) is 13.4. The van der Waals surface area contributed by atoms with E-state index in [4.69, 9.17) is 0 Å². The van der Waals surface area contributed by atoms with Gasteiger partial charge in [-0.05, 0) is 29.4 Å². The van der Waals surface area contributed by atoms with Crippen LogP contribution in [0.25, 0.3) is 0 Å². The van der Waals surface area contributed by atoms with Crippen LogP contribution in [0.3, 0.4) is 0 Å². The smallest absolute Gasteiger partial charge is 0.243 e. The van der Waals surface area contributed by atoms with Crippen LogP contribution in [-0.4, -0.2) is 12.1 Å². The minimum absolute atomic E-state index is 0.0669. The number of hydrogen-bond donors (Lipinski definition) is 1. The van der Waals surface area contributed by atoms with Gasteiger partial charge in [0.2, 0.25) is 5.91 Å². The van der Waals surface area contributed by atoms with E-state index < -0.39 is 0 Å². The Labute approximate surface area is 127 Å². The van der Waals surface area contributed by atoms with Gasteiger partial charge in [-0.1, -0.05) is 64.3 Å². The number of hydrazone groups is 1. The van der Waals surface area contributed by atoms with Crippen LogP contribution in [0.2, 0.25) is 0 Å². The van der Waals surface area contributed by atoms with Crippen molar-refractivity contribution in [1.82, 2.24) is 5.43 Å². The molecule has 1 aliphatic carbocycles. The SMILES string of the molecule is CC(C)(C)c1ccc(/C=N/NC(=O)C2CCCCC2)cc1. The summed E-state index contributed by atoms with van der Waals surface area (Å²) >= 11 is 0. The Morgan fingerprint density at radius 2 is 1.76 bits per heavy atom. The summed E-state index contributed by atoms with van der Waals surface area (Å²) in [5.41, 5.74) is 5.14. The molecule has 1 aliphatic rings. The number of nitrogens with zero attached hydrogens (tertiary/aromatic N) is 1. The van der Waals surface area contributed by atoms with Crippen LogP contribution in [-0.2, 0) is 10.2 Å². The highest BCUT2D eigenvalue weighted by Gasteiger charge is 2.20. The van der Waals surface area contributed by atoms with E-state index in [1.165, 1.54) is 12.0 Å². The minimum Gasteiger partial charge on any atom is -0.273 e. The second-order valence-electron chi connectivity index (χ2n) is 6.94. The van der Waals surface area contributed by atoms with Crippen molar-refractivity contribution in [2.24, 2.45) is 11.0 Å². The summed E-state index contributed by atoms with van der Waals surface area (Å²) < 4.78 is 0. The standard InChI is InChI=1S/C18H26N2O/c1-18(2,3)16-11-9-14(10-12-16)13-19-20-17(21)15-7-5-4-6-8-15/h9-13,15H,4-8H2,1-3H3,(H,20,21)/b19-13+. The first-order valence-corrected chi connectivity index (χ1v) is 7.90. The summed E-state index contributed by atoms with van der Waals surface area (Å²) in [6.45, 7) is 6.58. The van der Waals surface area contributed by atoms with Gasteiger partial charge in [-0.3, -0.25) is 4.79 Å². The van der Waals surface area contributed by atoms with Crippen LogP contribution in [0.1, 0.15) is 64.0 Å². The van der Waals surface area contributed by atoms with Crippen LogP contribution in [0.15, 0.2) is 29.4 Å². The second-order valence-corrected chi connectivity index (χ2v) is 6.94. The van der Waals surface area contributed by atoms with Crippen LogP contribution in [0.4, 0.5) is 0 Å². The Morgan fingerprint density at radius 1 is 1.14 bits per heavy atom. The van der Waals surface area contributed by atoms with Crippen molar-refractivity contribution in [3.63, 3.8) is 0 Å². The Kier molecular flexibility index (Phi) is 5.16. The maximum absolute atomic E-state index is 11.9. The molecule has 1 N–H and O–H groups in total. The summed E-state index contributed by atoms with van der Waals surface area (Å²) in [6, 6.07) is 8.31. The van der Waals surface area contributed by atoms with Gasteiger partial charge in [-0.15, -0.1) is 0 Å². The largest absolute Gasteiger partial charge is 0.273 e. The van der Waals surface area contributed by atoms with Crippen LogP contribution in [0, 0.1) is 5.92 Å². The molecule has 21 heavy (non-hydrogen) atoms. The first-order valence-electron chi connectivity index (χ1n) is 7.90. The van der Waals surface area contributed by atoms with E-state index in [0.29, 0.717) is 0 Å². The highest BCUT2D eigenvalue weighted by Crippen LogP contribution is 2.23. The fourth-order valence-electron chi connectivity index (χ4n) is 2.70. The third-order valence-electron chi connectivity index (χ3n) is 4.14. The molecule has 0 heterocycles. The van der Waals surface area contributed by atoms with Crippen LogP contribution in [0.5, 0.6) is 0 Å². The van der Waals surface area contributed by atoms with Gasteiger partial charge < -0.3 is 0 Å². The lowest BCUT2D eigenvalue weighted by molar-refractivity contribution is -0.125. The van der Waals surface area contributed by atoms with E-state index in [1.54, 1.807) is 6.21 Å². The topological polar surface area (TPSA) is 41.5 Å². The molecule has 1 aromatic carbocycles. The zero-order valence-electron chi connectivity index (χ0n) is 13.4. The highest BCUT2D eigenvalue weighted by molar-refractivity contribution is 5.83. The van der Waals surface area contributed by atoms with E-state index in [2.05, 4.69) is 43.4 Å². The lowest BCUT2D eigenvalue weighted by Crippen LogP contribution is -2.28. The molecular formula is C18H26N2O. The molecule has 3 heteroatoms. The Balaban J connectivity index is 1.87. The van der Waals surface area contributed by atoms with Crippen molar-refractivity contribution >= 4 is 12.1 Å². The summed E-state index contributed by atoms with van der Waals surface area (Å²) in [5.74, 6) is 0.219. The molecule has 1 saturated carbocycles. The monoisotopic (exact) mass is 286 g/mol. The average molecular weight is 286 g/mol. The predicted octanol–water partition coefficient (Wildman–Crippen LogP) is 4.01. The van der Waals surface area contributed by atoms with E-state index in [1.807, 2.05) is 12.1 Å². The first kappa shape index (κ1) is 15.7. The van der Waals surface area contributed by atoms with Gasteiger partial charge in [0, 0.05) is 5.92 Å². The lowest BCUT2D eigenvalue weighted by atomic mass is 9.87. The quantitative estimate of drug-likeness (QED) is 0.662. The second kappa shape index (κ2) is 6.88. The Hall–Kier alpha value is -1.64. The maximum Gasteiger partial charge on any atom is 0.243 e. The van der Waals surface area contributed by atoms with Crippen molar-refractivity contribution in [1.29, 1.82) is 0 Å². The molecule has 3 nitrogen and oxygen atoms in total. The number of carbonyl (C=O) groups is 1. The molecule has 0 aliphatic heterocycles. The van der Waals surface area contributed by atoms with Crippen molar-refractivity contribution in [2.75, 3.05) is 0 Å². The predicted molar refractivity (Wildman–Crippen MR) is 87.5 cm³/mol. The Bertz CT molecular complexity index is 491. The molecule has 0 unspecified atom stereocenters. The first-order chi connectivity index (χ1) is 9.97. The molecule has 0 saturated heterocycles. The zero-order chi connectivity index (χ0) is 15.3. The Morgan fingerprint density at radius 3 is 2.33 bits per heavy atom. The van der Waals surface area contributed by atoms with Gasteiger partial charge in [0.25, 0.3) is 0 Å². The number of carbonyl (C=O) groups excluding carboxylic acids is 1. The fraction of sp³-hybridized carbons (Fsp3) is 0.556. The number of hydrogen-bond acceptors (Lipinski definition) is 2. The molecular weight excluding hydrogens is 260 g/mol. The van der Waals surface area contributed by atoms with Gasteiger partial charge in [0.05, 0.1) is 6.21 Å². The summed E-state index contributed by atoms with van der Waals surface area (Å²) in [7, 11) is 0. The molecule has 0 spiro atoms. The molecule has 0 atom stereocenters. The average Bonchev–Trinajstić information content (AvgIpc) is 2.47. The van der Waals surface area contributed by atoms with Gasteiger partial charge in [-0.2, -0.15) is 5.10 Å². The van der Waals surface area contributed by atoms with Crippen LogP contribution >= 0.6 is 0 Å². The van der Waals surface area contributed by atoms with Gasteiger partial charge in [0.15, 0.2) is 0 Å². The molecule has 114 valence electrons. The third-order valence-corrected chi connectivity index (χ3v) is 4.14. The fourth-order valence-corrected chi connectivity index (χ4v) is 2.70. The van der Waals surface area contributed by atoms with Crippen molar-refractivity contribution < 1.29 is 4.79 Å². The van der Waals surface area contributed by atoms with E-state index in [-0.39, 0.29) is 17.2 Å². The number of nitrogens with one attached hydrogen (secondary N) is 1. The summed E-state index contributed by atoms with van der Waals surface area (Å²) in [4.78, 5) is 11.9. The van der Waals surface area contributed by atoms with Gasteiger partial charge >= 0.3 is 0 Å². The number of amides is 1. The van der Waals surface area contributed by atoms with E-state index in [0.717, 1.165) is 31.2 Å². The molecule has 0 aromatic heterocycles. The third kappa shape index (κ3) is 4.69. The summed E-state index contributed by atoms with van der Waals surface area (Å²) in [5, 5.41) is 4.08. The molecule has 1 amide bonds. The van der Waals surface area contributed by atoms with Gasteiger partial charge in [-0.25, -0.2) is 5.43 Å². The van der Waals surface area contributed by atoms with E-state index in [9.17, 15) is 4.79 Å². The van der Waals surface area contributed by atoms with E-state index >= 15 is 0 Å². The molecule has 1 fully saturated rings. The number of rotatable bonds is 3. The van der Waals surface area contributed by atoms with Crippen molar-refractivity contribution in [3.05, 3.63) is 35.4 Å². The van der Waals surface area contributed by atoms with Crippen molar-refractivity contribution in [2.45, 2.75) is 58.3 Å². The lowest BCUT2D eigenvalue weighted by Gasteiger charge is -2.19. The number of benzene rings is 1. The molecule has 1 aromatic rings. The van der Waals surface area contributed by atoms with Gasteiger partial charge in [0.1, 0.15) is 0 Å². The maximum atomic E-state index is 11.9.